The van der Waals surface area contributed by atoms with E-state index in [0.29, 0.717) is 13.1 Å². The van der Waals surface area contributed by atoms with Gasteiger partial charge in [-0.1, -0.05) is 0 Å². The van der Waals surface area contributed by atoms with Crippen molar-refractivity contribution >= 4 is 18.3 Å². The summed E-state index contributed by atoms with van der Waals surface area (Å²) < 4.78 is 39.6. The van der Waals surface area contributed by atoms with Crippen molar-refractivity contribution in [2.75, 3.05) is 33.8 Å². The van der Waals surface area contributed by atoms with E-state index in [9.17, 15) is 13.0 Å². The first-order valence-electron chi connectivity index (χ1n) is 3.84. The van der Waals surface area contributed by atoms with E-state index in [1.54, 1.807) is 0 Å². The van der Waals surface area contributed by atoms with Crippen molar-refractivity contribution in [3.05, 3.63) is 0 Å². The molecule has 0 aromatic rings. The van der Waals surface area contributed by atoms with E-state index >= 15 is 0 Å². The van der Waals surface area contributed by atoms with Crippen LogP contribution in [-0.2, 0) is 19.1 Å². The van der Waals surface area contributed by atoms with Crippen molar-refractivity contribution in [1.82, 2.24) is 4.90 Å². The Kier molecular flexibility index (Phi) is 11.8. The molecule has 3 N–H and O–H groups in total. The fourth-order valence-electron chi connectivity index (χ4n) is 0.449. The summed E-state index contributed by atoms with van der Waals surface area (Å²) in [5, 5.41) is 0. The molecule has 0 bridgehead atoms. The Morgan fingerprint density at radius 1 is 1.60 bits per heavy atom. The Morgan fingerprint density at radius 2 is 2.07 bits per heavy atom. The zero-order valence-corrected chi connectivity index (χ0v) is 10.3. The molecule has 0 aliphatic rings. The molecule has 0 atom stereocenters. The topological polar surface area (TPSA) is 110 Å². The molecule has 0 aliphatic carbocycles. The van der Waals surface area contributed by atoms with Gasteiger partial charge in [-0.15, -0.1) is 0 Å². The molecule has 9 heteroatoms. The quantitative estimate of drug-likeness (QED) is 0.519. The summed E-state index contributed by atoms with van der Waals surface area (Å²) >= 11 is 0. The van der Waals surface area contributed by atoms with Crippen LogP contribution >= 0.6 is 7.92 Å². The van der Waals surface area contributed by atoms with E-state index in [4.69, 9.17) is 10.3 Å². The average Bonchev–Trinajstić information content (AvgIpc) is 2.15. The predicted molar refractivity (Wildman–Crippen MR) is 56.6 cm³/mol. The van der Waals surface area contributed by atoms with Gasteiger partial charge in [-0.25, -0.2) is 0 Å². The summed E-state index contributed by atoms with van der Waals surface area (Å²) in [6.45, 7) is 2.07. The summed E-state index contributed by atoms with van der Waals surface area (Å²) in [5.74, 6) is 0. The summed E-state index contributed by atoms with van der Waals surface area (Å²) in [6, 6.07) is 0. The number of nitrogens with zero attached hydrogens (tertiary/aromatic N) is 1. The van der Waals surface area contributed by atoms with E-state index in [1.165, 1.54) is 0 Å². The number of hydrogen-bond acceptors (Lipinski definition) is 6. The van der Waals surface area contributed by atoms with Crippen LogP contribution in [0.25, 0.3) is 0 Å². The van der Waals surface area contributed by atoms with E-state index < -0.39 is 10.4 Å². The van der Waals surface area contributed by atoms with Gasteiger partial charge in [0.15, 0.2) is 0 Å². The molecule has 0 saturated carbocycles. The molecular formula is C6H15N2O5PS. The average molecular weight is 258 g/mol. The molecule has 0 radical (unpaired) electrons. The number of nitrogens with two attached hydrogens (primary N) is 1. The summed E-state index contributed by atoms with van der Waals surface area (Å²) in [6.07, 6.45) is 0. The van der Waals surface area contributed by atoms with Crippen LogP contribution < -0.4 is 5.73 Å². The molecule has 7 nitrogen and oxygen atoms in total. The molecule has 0 aromatic carbocycles. The van der Waals surface area contributed by atoms with Crippen molar-refractivity contribution in [3.8, 4) is 5.63 Å². The van der Waals surface area contributed by atoms with Crippen LogP contribution in [0.2, 0.25) is 0 Å². The third-order valence-electron chi connectivity index (χ3n) is 1.13. The molecule has 0 spiro atoms. The molecule has 0 aromatic heterocycles. The van der Waals surface area contributed by atoms with Crippen molar-refractivity contribution in [1.29, 1.82) is 0 Å². The molecule has 0 rings (SSSR count). The van der Waals surface area contributed by atoms with Crippen LogP contribution in [0.3, 0.4) is 0 Å². The van der Waals surface area contributed by atoms with Crippen molar-refractivity contribution in [2.24, 2.45) is 5.73 Å². The Hall–Kier alpha value is -0.200. The first-order chi connectivity index (χ1) is 6.87. The van der Waals surface area contributed by atoms with Gasteiger partial charge >= 0.3 is 65.8 Å². The van der Waals surface area contributed by atoms with Crippen LogP contribution in [0.1, 0.15) is 0 Å². The molecular weight excluding hydrogens is 243 g/mol. The summed E-state index contributed by atoms with van der Waals surface area (Å²) in [5.41, 5.74) is 7.87. The molecule has 0 fully saturated rings. The first kappa shape index (κ1) is 17.2. The molecule has 90 valence electrons. The normalized spacial score (nSPS) is 10.2. The number of rotatable bonds is 4. The van der Waals surface area contributed by atoms with E-state index in [0.717, 1.165) is 13.7 Å². The third kappa shape index (κ3) is 20.0. The van der Waals surface area contributed by atoms with E-state index in [1.807, 2.05) is 11.9 Å². The Morgan fingerprint density at radius 3 is 2.33 bits per heavy atom. The smallest absolute Gasteiger partial charge is 0.264 e. The molecule has 0 amide bonds. The van der Waals surface area contributed by atoms with Crippen LogP contribution in [0.5, 0.6) is 0 Å². The first-order valence-corrected chi connectivity index (χ1v) is 6.02. The zero-order chi connectivity index (χ0) is 12.3. The van der Waals surface area contributed by atoms with E-state index in [2.05, 4.69) is 9.81 Å². The number of hydrogen-bond donors (Lipinski definition) is 2. The van der Waals surface area contributed by atoms with Gasteiger partial charge in [0.05, 0.1) is 7.11 Å². The van der Waals surface area contributed by atoms with Gasteiger partial charge in [0.25, 0.3) is 0 Å². The van der Waals surface area contributed by atoms with Gasteiger partial charge < -0.3 is 0 Å². The minimum absolute atomic E-state index is 0.0271. The van der Waals surface area contributed by atoms with Crippen LogP contribution in [-0.4, -0.2) is 51.7 Å². The molecule has 0 aliphatic heterocycles. The Bertz CT molecular complexity index is 338. The molecule has 0 heterocycles. The standard InChI is InChI=1S/C5H11N2OP.CH4O4S/c1-7(3-2-6)4-5-9-8;1-5-6(2,3)4/h2-4,6H2,1H3;1H3,(H,2,3,4). The van der Waals surface area contributed by atoms with Crippen molar-refractivity contribution in [2.45, 2.75) is 0 Å². The second-order valence-electron chi connectivity index (χ2n) is 2.37. The van der Waals surface area contributed by atoms with Crippen LogP contribution in [0.15, 0.2) is 0 Å². The van der Waals surface area contributed by atoms with Gasteiger partial charge in [-0.05, 0) is 0 Å². The minimum Gasteiger partial charge on any atom is -0.264 e. The monoisotopic (exact) mass is 258 g/mol. The SMILES string of the molecule is CN(CC#P=O)CCN.COS(=O)(=O)O. The largest absolute Gasteiger partial charge is 0.397 e. The minimum atomic E-state index is -4.16. The molecule has 0 saturated heterocycles. The van der Waals surface area contributed by atoms with Gasteiger partial charge in [0.2, 0.25) is 0 Å². The molecule has 15 heavy (non-hydrogen) atoms. The molecule has 0 unspecified atom stereocenters. The second-order valence-corrected chi connectivity index (χ2v) is 4.06. The van der Waals surface area contributed by atoms with Gasteiger partial charge in [-0.3, -0.25) is 8.74 Å². The van der Waals surface area contributed by atoms with Gasteiger partial charge in [0, 0.05) is 0 Å². The zero-order valence-electron chi connectivity index (χ0n) is 8.58. The summed E-state index contributed by atoms with van der Waals surface area (Å²) in [7, 11) is -1.41. The second kappa shape index (κ2) is 10.3. The van der Waals surface area contributed by atoms with E-state index in [-0.39, 0.29) is 7.92 Å². The maximum Gasteiger partial charge on any atom is 0.397 e. The fourth-order valence-corrected chi connectivity index (χ4v) is 0.748. The maximum atomic E-state index is 9.84. The Balaban J connectivity index is 0. The number of likely N-dealkylation sites (N-methyl/N-ethyl adjacent to an activating group) is 1. The predicted octanol–water partition coefficient (Wildman–Crippen LogP) is -0.437. The van der Waals surface area contributed by atoms with Crippen LogP contribution in [0.4, 0.5) is 0 Å². The Labute approximate surface area is 90.7 Å². The van der Waals surface area contributed by atoms with Crippen LogP contribution in [0, 0.1) is 5.63 Å². The summed E-state index contributed by atoms with van der Waals surface area (Å²) in [4.78, 5) is 1.95. The third-order valence-corrected chi connectivity index (χ3v) is 1.82. The van der Waals surface area contributed by atoms with Crippen molar-refractivity contribution in [3.63, 3.8) is 0 Å². The maximum absolute atomic E-state index is 9.84. The van der Waals surface area contributed by atoms with Gasteiger partial charge in [0.1, 0.15) is 0 Å². The van der Waals surface area contributed by atoms with Gasteiger partial charge in [-0.2, -0.15) is 8.42 Å². The fraction of sp³-hybridized carbons (Fsp3) is 0.833. The van der Waals surface area contributed by atoms with Crippen molar-refractivity contribution < 1.29 is 21.7 Å².